The summed E-state index contributed by atoms with van der Waals surface area (Å²) in [6.07, 6.45) is 0. The van der Waals surface area contributed by atoms with Crippen molar-refractivity contribution < 1.29 is 0 Å². The summed E-state index contributed by atoms with van der Waals surface area (Å²) in [6, 6.07) is 30.3. The second-order valence-corrected chi connectivity index (χ2v) is 11.3. The second-order valence-electron chi connectivity index (χ2n) is 7.02. The van der Waals surface area contributed by atoms with E-state index in [2.05, 4.69) is 96.0 Å². The van der Waals surface area contributed by atoms with E-state index in [4.69, 9.17) is 11.8 Å². The number of H-pyrrole nitrogens is 1. The number of benzene rings is 4. The molecule has 5 aromatic rings. The molecule has 0 saturated carbocycles. The molecule has 1 nitrogen and oxygen atoms in total. The Morgan fingerprint density at radius 3 is 2.26 bits per heavy atom. The smallest absolute Gasteiger partial charge is 0.0563 e. The van der Waals surface area contributed by atoms with Crippen LogP contribution in [0.25, 0.3) is 32.9 Å². The zero-order valence-electron chi connectivity index (χ0n) is 14.5. The molecule has 0 spiro atoms. The highest BCUT2D eigenvalue weighted by Crippen LogP contribution is 2.54. The summed E-state index contributed by atoms with van der Waals surface area (Å²) in [5, 5.41) is 6.42. The van der Waals surface area contributed by atoms with Gasteiger partial charge in [-0.15, -0.1) is 0 Å². The number of rotatable bonds is 1. The van der Waals surface area contributed by atoms with Crippen LogP contribution in [-0.2, 0) is 11.8 Å². The quantitative estimate of drug-likeness (QED) is 0.394. The zero-order valence-corrected chi connectivity index (χ0v) is 16.2. The van der Waals surface area contributed by atoms with Crippen molar-refractivity contribution in [2.45, 2.75) is 0 Å². The average Bonchev–Trinajstić information content (AvgIpc) is 3.23. The van der Waals surface area contributed by atoms with Gasteiger partial charge in [0.05, 0.1) is 5.52 Å². The van der Waals surface area contributed by atoms with E-state index in [1.165, 1.54) is 48.8 Å². The molecule has 0 radical (unpaired) electrons. The predicted octanol–water partition coefficient (Wildman–Crippen LogP) is 5.06. The van der Waals surface area contributed by atoms with Gasteiger partial charge in [0.1, 0.15) is 0 Å². The predicted molar refractivity (Wildman–Crippen MR) is 121 cm³/mol. The van der Waals surface area contributed by atoms with Crippen molar-refractivity contribution in [1.29, 1.82) is 0 Å². The minimum atomic E-state index is -2.10. The number of aromatic nitrogens is 1. The third-order valence-electron chi connectivity index (χ3n) is 5.62. The summed E-state index contributed by atoms with van der Waals surface area (Å²) in [7, 11) is 0. The number of nitrogens with one attached hydrogen (secondary N) is 1. The van der Waals surface area contributed by atoms with Crippen molar-refractivity contribution in [3.8, 4) is 11.1 Å². The van der Waals surface area contributed by atoms with Crippen molar-refractivity contribution >= 4 is 55.6 Å². The molecule has 6 rings (SSSR count). The van der Waals surface area contributed by atoms with Gasteiger partial charge in [0, 0.05) is 32.9 Å². The lowest BCUT2D eigenvalue weighted by molar-refractivity contribution is 1.56. The van der Waals surface area contributed by atoms with Crippen LogP contribution < -0.4 is 15.9 Å². The van der Waals surface area contributed by atoms with Gasteiger partial charge in [-0.25, -0.2) is 0 Å². The minimum Gasteiger partial charge on any atom is -0.354 e. The highest BCUT2D eigenvalue weighted by Gasteiger charge is 2.37. The molecule has 1 atom stereocenters. The van der Waals surface area contributed by atoms with Gasteiger partial charge in [0.25, 0.3) is 0 Å². The lowest BCUT2D eigenvalue weighted by Crippen LogP contribution is -2.21. The Hall–Kier alpha value is -2.67. The van der Waals surface area contributed by atoms with Crippen molar-refractivity contribution in [3.63, 3.8) is 0 Å². The van der Waals surface area contributed by atoms with Gasteiger partial charge in [0.2, 0.25) is 0 Å². The molecule has 0 fully saturated rings. The molecule has 27 heavy (non-hydrogen) atoms. The molecule has 1 N–H and O–H groups in total. The van der Waals surface area contributed by atoms with E-state index in [9.17, 15) is 0 Å². The maximum atomic E-state index is 6.57. The summed E-state index contributed by atoms with van der Waals surface area (Å²) in [5.41, 5.74) is 4.96. The standard InChI is InChI=1S/C24H16NPS/c27-26(16-8-2-1-3-9-16)22-13-7-5-11-18(22)20-15-14-19-17-10-4-6-12-21(17)25-23(19)24(20)26/h1-15,25H. The molecular weight excluding hydrogens is 365 g/mol. The van der Waals surface area contributed by atoms with Gasteiger partial charge in [0.15, 0.2) is 0 Å². The molecule has 0 saturated heterocycles. The molecule has 0 aliphatic carbocycles. The van der Waals surface area contributed by atoms with E-state index < -0.39 is 6.04 Å². The average molecular weight is 381 g/mol. The zero-order chi connectivity index (χ0) is 18.0. The van der Waals surface area contributed by atoms with E-state index in [0.29, 0.717) is 0 Å². The maximum absolute atomic E-state index is 6.57. The molecule has 0 bridgehead atoms. The number of fused-ring (bicyclic) bond motifs is 7. The van der Waals surface area contributed by atoms with E-state index in [1.807, 2.05) is 0 Å². The van der Waals surface area contributed by atoms with Gasteiger partial charge in [-0.05, 0) is 22.5 Å². The fraction of sp³-hybridized carbons (Fsp3) is 0. The normalized spacial score (nSPS) is 17.9. The molecule has 1 aliphatic heterocycles. The third-order valence-corrected chi connectivity index (χ3v) is 10.6. The van der Waals surface area contributed by atoms with Crippen molar-refractivity contribution in [3.05, 3.63) is 91.0 Å². The molecule has 0 amide bonds. The molecule has 2 heterocycles. The number of para-hydroxylation sites is 1. The maximum Gasteiger partial charge on any atom is 0.0563 e. The first-order valence-corrected chi connectivity index (χ1v) is 11.9. The first-order chi connectivity index (χ1) is 13.3. The van der Waals surface area contributed by atoms with Crippen LogP contribution in [0.3, 0.4) is 0 Å². The van der Waals surface area contributed by atoms with Crippen LogP contribution in [0.4, 0.5) is 0 Å². The lowest BCUT2D eigenvalue weighted by Gasteiger charge is -2.20. The number of aromatic amines is 1. The Kier molecular flexibility index (Phi) is 3.09. The van der Waals surface area contributed by atoms with Crippen LogP contribution >= 0.6 is 6.04 Å². The minimum absolute atomic E-state index is 1.17. The molecule has 3 heteroatoms. The Morgan fingerprint density at radius 1 is 0.630 bits per heavy atom. The van der Waals surface area contributed by atoms with Gasteiger partial charge in [-0.1, -0.05) is 96.7 Å². The topological polar surface area (TPSA) is 15.8 Å². The SMILES string of the molecule is S=P1(c2ccccc2)c2ccccc2-c2ccc3c([nH]c4ccccc43)c21. The van der Waals surface area contributed by atoms with E-state index in [0.717, 1.165) is 0 Å². The first-order valence-electron chi connectivity index (χ1n) is 9.08. The molecule has 1 aromatic heterocycles. The second kappa shape index (κ2) is 5.42. The fourth-order valence-corrected chi connectivity index (χ4v) is 9.09. The lowest BCUT2D eigenvalue weighted by atomic mass is 10.0. The Morgan fingerprint density at radius 2 is 1.37 bits per heavy atom. The summed E-state index contributed by atoms with van der Waals surface area (Å²) in [5.74, 6) is 0. The molecular formula is C24H16NPS. The van der Waals surface area contributed by atoms with Crippen LogP contribution in [0.5, 0.6) is 0 Å². The largest absolute Gasteiger partial charge is 0.354 e. The summed E-state index contributed by atoms with van der Waals surface area (Å²) in [4.78, 5) is 3.70. The Labute approximate surface area is 162 Å². The Balaban J connectivity index is 1.83. The highest BCUT2D eigenvalue weighted by molar-refractivity contribution is 8.26. The van der Waals surface area contributed by atoms with Crippen LogP contribution in [-0.4, -0.2) is 4.98 Å². The molecule has 4 aromatic carbocycles. The van der Waals surface area contributed by atoms with Crippen molar-refractivity contribution in [1.82, 2.24) is 4.98 Å². The van der Waals surface area contributed by atoms with Crippen molar-refractivity contribution in [2.75, 3.05) is 0 Å². The molecule has 1 unspecified atom stereocenters. The first kappa shape index (κ1) is 15.4. The van der Waals surface area contributed by atoms with Gasteiger partial charge < -0.3 is 4.98 Å². The van der Waals surface area contributed by atoms with Crippen LogP contribution in [0.1, 0.15) is 0 Å². The summed E-state index contributed by atoms with van der Waals surface area (Å²) in [6.45, 7) is 0. The van der Waals surface area contributed by atoms with Crippen molar-refractivity contribution in [2.24, 2.45) is 0 Å². The van der Waals surface area contributed by atoms with E-state index in [1.54, 1.807) is 0 Å². The molecule has 128 valence electrons. The van der Waals surface area contributed by atoms with Crippen LogP contribution in [0, 0.1) is 0 Å². The van der Waals surface area contributed by atoms with Gasteiger partial charge in [-0.3, -0.25) is 0 Å². The third kappa shape index (κ3) is 1.92. The Bertz CT molecular complexity index is 1400. The number of hydrogen-bond acceptors (Lipinski definition) is 1. The van der Waals surface area contributed by atoms with Gasteiger partial charge in [-0.2, -0.15) is 0 Å². The van der Waals surface area contributed by atoms with Crippen LogP contribution in [0.2, 0.25) is 0 Å². The monoisotopic (exact) mass is 381 g/mol. The number of hydrogen-bond donors (Lipinski definition) is 1. The summed E-state index contributed by atoms with van der Waals surface area (Å²) >= 11 is 6.57. The van der Waals surface area contributed by atoms with Gasteiger partial charge >= 0.3 is 0 Å². The fourth-order valence-electron chi connectivity index (χ4n) is 4.45. The summed E-state index contributed by atoms with van der Waals surface area (Å²) < 4.78 is 0. The molecule has 1 aliphatic rings. The van der Waals surface area contributed by atoms with Crippen LogP contribution in [0.15, 0.2) is 91.0 Å². The van der Waals surface area contributed by atoms with E-state index >= 15 is 0 Å². The highest BCUT2D eigenvalue weighted by atomic mass is 32.4. The van der Waals surface area contributed by atoms with E-state index in [-0.39, 0.29) is 0 Å².